The molecule has 0 saturated heterocycles. The van der Waals surface area contributed by atoms with Gasteiger partial charge in [0.1, 0.15) is 17.5 Å². The molecule has 5 rings (SSSR count). The minimum Gasteiger partial charge on any atom is -0.383 e. The summed E-state index contributed by atoms with van der Waals surface area (Å²) in [4.78, 5) is 0. The molecule has 0 spiro atoms. The van der Waals surface area contributed by atoms with E-state index in [9.17, 15) is 0 Å². The second kappa shape index (κ2) is 11.9. The van der Waals surface area contributed by atoms with E-state index in [1.807, 2.05) is 12.1 Å². The molecule has 0 bridgehead atoms. The highest BCUT2D eigenvalue weighted by atomic mass is 19.1. The molecule has 2 aliphatic carbocycles. The molecule has 6 nitrogen and oxygen atoms in total. The first-order chi connectivity index (χ1) is 19.4. The zero-order valence-electron chi connectivity index (χ0n) is 22.1. The zero-order chi connectivity index (χ0) is 28.2. The molecule has 2 aliphatic rings. The molecule has 1 heterocycles. The van der Waals surface area contributed by atoms with Gasteiger partial charge in [0.15, 0.2) is 11.6 Å². The van der Waals surface area contributed by atoms with Gasteiger partial charge in [0.2, 0.25) is 0 Å². The number of hydrogen-bond donors (Lipinski definition) is 0. The van der Waals surface area contributed by atoms with Crippen LogP contribution in [0.25, 0.3) is 33.9 Å². The van der Waals surface area contributed by atoms with Crippen molar-refractivity contribution in [3.8, 4) is 34.9 Å². The molecule has 0 saturated carbocycles. The van der Waals surface area contributed by atoms with Crippen molar-refractivity contribution in [2.24, 2.45) is 11.8 Å². The smallest absolute Gasteiger partial charge is 0.167 e. The average Bonchev–Trinajstić information content (AvgIpc) is 3.39. The Bertz CT molecular complexity index is 1550. The first-order valence-corrected chi connectivity index (χ1v) is 13.3. The zero-order valence-corrected chi connectivity index (χ0v) is 22.1. The number of hydrogen-bond acceptors (Lipinski definition) is 5. The normalized spacial score (nSPS) is 18.9. The van der Waals surface area contributed by atoms with Gasteiger partial charge < -0.3 is 9.30 Å². The Hall–Kier alpha value is -4.21. The van der Waals surface area contributed by atoms with Gasteiger partial charge in [0.05, 0.1) is 36.1 Å². The van der Waals surface area contributed by atoms with Crippen molar-refractivity contribution in [3.05, 3.63) is 71.1 Å². The minimum atomic E-state index is -0.727. The van der Waals surface area contributed by atoms with E-state index >= 15 is 13.2 Å². The third kappa shape index (κ3) is 5.43. The number of aromatic nitrogens is 3. The summed E-state index contributed by atoms with van der Waals surface area (Å²) in [7, 11) is 1.52. The van der Waals surface area contributed by atoms with Gasteiger partial charge >= 0.3 is 0 Å². The van der Waals surface area contributed by atoms with Crippen LogP contribution in [0.15, 0.2) is 42.5 Å². The Morgan fingerprint density at radius 1 is 0.850 bits per heavy atom. The van der Waals surface area contributed by atoms with Gasteiger partial charge in [-0.05, 0) is 79.5 Å². The van der Waals surface area contributed by atoms with Crippen molar-refractivity contribution in [3.63, 3.8) is 0 Å². The van der Waals surface area contributed by atoms with Gasteiger partial charge in [0, 0.05) is 24.8 Å². The van der Waals surface area contributed by atoms with Gasteiger partial charge in [-0.1, -0.05) is 18.2 Å². The average molecular weight is 544 g/mol. The van der Waals surface area contributed by atoms with Gasteiger partial charge in [-0.15, -0.1) is 10.2 Å². The number of ether oxygens (including phenoxy) is 1. The molecule has 0 N–H and O–H groups in total. The van der Waals surface area contributed by atoms with E-state index < -0.39 is 17.5 Å². The van der Waals surface area contributed by atoms with Crippen LogP contribution in [0, 0.1) is 51.9 Å². The van der Waals surface area contributed by atoms with E-state index in [4.69, 9.17) is 15.3 Å². The molecule has 0 fully saturated rings. The maximum atomic E-state index is 15.4. The number of benzene rings is 2. The SMILES string of the molecule is COCCn1c(-c2cc(F)c(C3=CCC(C#N)CC3)c(F)c2)nnc1-c1ccc(C2=CCC(C#N)CC2)cc1F. The fraction of sp³-hybridized carbons (Fsp3) is 0.355. The lowest BCUT2D eigenvalue weighted by molar-refractivity contribution is 0.188. The highest BCUT2D eigenvalue weighted by molar-refractivity contribution is 5.72. The Balaban J connectivity index is 1.49. The topological polar surface area (TPSA) is 87.5 Å². The third-order valence-electron chi connectivity index (χ3n) is 7.66. The van der Waals surface area contributed by atoms with Gasteiger partial charge in [-0.3, -0.25) is 0 Å². The van der Waals surface area contributed by atoms with E-state index in [1.54, 1.807) is 16.7 Å². The number of methoxy groups -OCH3 is 1. The fourth-order valence-electron chi connectivity index (χ4n) is 5.41. The van der Waals surface area contributed by atoms with Crippen LogP contribution in [0.5, 0.6) is 0 Å². The second-order valence-corrected chi connectivity index (χ2v) is 10.2. The molecule has 2 atom stereocenters. The van der Waals surface area contributed by atoms with Crippen LogP contribution in [-0.4, -0.2) is 28.5 Å². The first kappa shape index (κ1) is 27.4. The summed E-state index contributed by atoms with van der Waals surface area (Å²) in [5.74, 6) is -1.68. The van der Waals surface area contributed by atoms with Crippen LogP contribution in [0.3, 0.4) is 0 Å². The summed E-state index contributed by atoms with van der Waals surface area (Å²) in [5.41, 5.74) is 2.59. The molecule has 2 unspecified atom stereocenters. The fourth-order valence-corrected chi connectivity index (χ4v) is 5.41. The standard InChI is InChI=1S/C31H28F3N5O/c1-40-13-12-39-30(24-15-27(33)29(28(34)16-24)22-8-4-20(18-36)5-9-22)37-38-31(39)25-11-10-23(14-26(25)32)21-6-2-19(17-35)3-7-21/h6,8,10-11,14-16,19-20H,2-5,7,9,12-13H2,1H3. The lowest BCUT2D eigenvalue weighted by atomic mass is 9.86. The Morgan fingerprint density at radius 3 is 2.00 bits per heavy atom. The van der Waals surface area contributed by atoms with Crippen LogP contribution in [0.1, 0.15) is 49.7 Å². The number of nitriles is 2. The van der Waals surface area contributed by atoms with Crippen molar-refractivity contribution in [1.82, 2.24) is 14.8 Å². The molecule has 2 aromatic carbocycles. The summed E-state index contributed by atoms with van der Waals surface area (Å²) >= 11 is 0. The van der Waals surface area contributed by atoms with E-state index in [2.05, 4.69) is 22.3 Å². The summed E-state index contributed by atoms with van der Waals surface area (Å²) in [6.07, 6.45) is 7.25. The molecule has 0 aliphatic heterocycles. The molecule has 0 radical (unpaired) electrons. The van der Waals surface area contributed by atoms with Crippen molar-refractivity contribution in [1.29, 1.82) is 10.5 Å². The summed E-state index contributed by atoms with van der Waals surface area (Å²) in [5, 5.41) is 26.6. The van der Waals surface area contributed by atoms with Crippen LogP contribution < -0.4 is 0 Å². The number of rotatable bonds is 7. The number of nitrogens with zero attached hydrogens (tertiary/aromatic N) is 5. The number of allylic oxidation sites excluding steroid dienone is 4. The van der Waals surface area contributed by atoms with Crippen molar-refractivity contribution in [2.45, 2.75) is 45.1 Å². The predicted octanol–water partition coefficient (Wildman–Crippen LogP) is 7.09. The lowest BCUT2D eigenvalue weighted by Crippen LogP contribution is -2.10. The Morgan fingerprint density at radius 2 is 1.45 bits per heavy atom. The summed E-state index contributed by atoms with van der Waals surface area (Å²) in [6.45, 7) is 0.489. The predicted molar refractivity (Wildman–Crippen MR) is 145 cm³/mol. The van der Waals surface area contributed by atoms with Crippen molar-refractivity contribution < 1.29 is 17.9 Å². The molecule has 1 aromatic heterocycles. The third-order valence-corrected chi connectivity index (χ3v) is 7.66. The largest absolute Gasteiger partial charge is 0.383 e. The van der Waals surface area contributed by atoms with Crippen LogP contribution in [0.4, 0.5) is 13.2 Å². The molecule has 3 aromatic rings. The molecular weight excluding hydrogens is 515 g/mol. The van der Waals surface area contributed by atoms with E-state index in [1.165, 1.54) is 25.3 Å². The highest BCUT2D eigenvalue weighted by Gasteiger charge is 2.24. The van der Waals surface area contributed by atoms with Gasteiger partial charge in [-0.2, -0.15) is 10.5 Å². The van der Waals surface area contributed by atoms with Crippen LogP contribution in [0.2, 0.25) is 0 Å². The monoisotopic (exact) mass is 543 g/mol. The van der Waals surface area contributed by atoms with E-state index in [0.29, 0.717) is 37.7 Å². The lowest BCUT2D eigenvalue weighted by Gasteiger charge is -2.18. The molecule has 204 valence electrons. The van der Waals surface area contributed by atoms with E-state index in [-0.39, 0.29) is 53.3 Å². The Labute approximate surface area is 231 Å². The Kier molecular flexibility index (Phi) is 8.14. The van der Waals surface area contributed by atoms with Gasteiger partial charge in [-0.25, -0.2) is 13.2 Å². The summed E-state index contributed by atoms with van der Waals surface area (Å²) in [6, 6.07) is 11.8. The van der Waals surface area contributed by atoms with Gasteiger partial charge in [0.25, 0.3) is 0 Å². The second-order valence-electron chi connectivity index (χ2n) is 10.2. The maximum absolute atomic E-state index is 15.4. The quantitative estimate of drug-likeness (QED) is 0.318. The van der Waals surface area contributed by atoms with Crippen LogP contribution >= 0.6 is 0 Å². The molecule has 9 heteroatoms. The summed E-state index contributed by atoms with van der Waals surface area (Å²) < 4.78 is 52.9. The highest BCUT2D eigenvalue weighted by Crippen LogP contribution is 2.36. The minimum absolute atomic E-state index is 0.00956. The molecule has 40 heavy (non-hydrogen) atoms. The van der Waals surface area contributed by atoms with E-state index in [0.717, 1.165) is 17.6 Å². The number of halogens is 3. The van der Waals surface area contributed by atoms with Crippen molar-refractivity contribution in [2.75, 3.05) is 13.7 Å². The molecular formula is C31H28F3N5O. The molecule has 0 amide bonds. The van der Waals surface area contributed by atoms with Crippen molar-refractivity contribution >= 4 is 11.1 Å². The maximum Gasteiger partial charge on any atom is 0.167 e. The first-order valence-electron chi connectivity index (χ1n) is 13.3. The van der Waals surface area contributed by atoms with Crippen LogP contribution in [-0.2, 0) is 11.3 Å².